The molecule has 3 aliphatic carbocycles. The molecule has 2 aliphatic heterocycles. The molecule has 3 saturated carbocycles. The van der Waals surface area contributed by atoms with Gasteiger partial charge in [0.05, 0.1) is 10.8 Å². The van der Waals surface area contributed by atoms with Gasteiger partial charge in [0.25, 0.3) is 0 Å². The molecule has 8 atom stereocenters. The SMILES string of the molecule is CC=CC=CC(O)=C1C(=O)[C@]2(C)C3C(=C(O)C=CC=CC)C(=O)C4(C)C1[C@]1(C)O[C@@]4(O)[C@@]3(C)O[C@@]12O. The van der Waals surface area contributed by atoms with Gasteiger partial charge in [-0.15, -0.1) is 0 Å². The van der Waals surface area contributed by atoms with E-state index in [4.69, 9.17) is 9.47 Å². The quantitative estimate of drug-likeness (QED) is 0.265. The first-order chi connectivity index (χ1) is 16.7. The van der Waals surface area contributed by atoms with E-state index in [0.29, 0.717) is 0 Å². The van der Waals surface area contributed by atoms with Crippen molar-refractivity contribution in [3.05, 3.63) is 71.3 Å². The van der Waals surface area contributed by atoms with Crippen molar-refractivity contribution in [2.24, 2.45) is 22.7 Å². The van der Waals surface area contributed by atoms with Crippen molar-refractivity contribution in [1.29, 1.82) is 0 Å². The molecular weight excluding hydrogens is 464 g/mol. The number of Topliss-reactive ketones (excluding diaryl/α,β-unsaturated/α-hetero) is 2. The summed E-state index contributed by atoms with van der Waals surface area (Å²) in [5.74, 6) is -9.12. The molecule has 192 valence electrons. The van der Waals surface area contributed by atoms with Crippen molar-refractivity contribution in [3.8, 4) is 0 Å². The number of carbonyl (C=O) groups excluding carboxylic acids is 2. The van der Waals surface area contributed by atoms with Crippen molar-refractivity contribution in [1.82, 2.24) is 0 Å². The van der Waals surface area contributed by atoms with Crippen molar-refractivity contribution in [3.63, 3.8) is 0 Å². The Morgan fingerprint density at radius 3 is 1.33 bits per heavy atom. The highest BCUT2D eigenvalue weighted by Crippen LogP contribution is 2.83. The summed E-state index contributed by atoms with van der Waals surface area (Å²) < 4.78 is 12.5. The van der Waals surface area contributed by atoms with E-state index in [-0.39, 0.29) is 22.7 Å². The molecular formula is C28H32O8. The van der Waals surface area contributed by atoms with Crippen LogP contribution in [0.5, 0.6) is 0 Å². The van der Waals surface area contributed by atoms with Gasteiger partial charge in [0, 0.05) is 23.0 Å². The number of rotatable bonds is 4. The van der Waals surface area contributed by atoms with Crippen molar-refractivity contribution in [2.75, 3.05) is 0 Å². The third-order valence-corrected chi connectivity index (χ3v) is 9.41. The fourth-order valence-corrected chi connectivity index (χ4v) is 7.94. The van der Waals surface area contributed by atoms with Crippen molar-refractivity contribution in [2.45, 2.75) is 64.3 Å². The van der Waals surface area contributed by atoms with Crippen molar-refractivity contribution < 1.29 is 39.5 Å². The molecule has 8 heteroatoms. The van der Waals surface area contributed by atoms with Crippen LogP contribution in [0.15, 0.2) is 71.3 Å². The molecule has 0 amide bonds. The topological polar surface area (TPSA) is 134 Å². The summed E-state index contributed by atoms with van der Waals surface area (Å²) in [6.45, 7) is 9.48. The van der Waals surface area contributed by atoms with Crippen LogP contribution in [0.25, 0.3) is 0 Å². The molecule has 8 bridgehead atoms. The van der Waals surface area contributed by atoms with Crippen LogP contribution < -0.4 is 0 Å². The minimum atomic E-state index is -2.26. The Labute approximate surface area is 209 Å². The Balaban J connectivity index is 1.93. The highest BCUT2D eigenvalue weighted by atomic mass is 16.8. The van der Waals surface area contributed by atoms with Crippen LogP contribution in [0, 0.1) is 22.7 Å². The van der Waals surface area contributed by atoms with Crippen LogP contribution in [-0.4, -0.2) is 54.8 Å². The van der Waals surface area contributed by atoms with Crippen LogP contribution in [-0.2, 0) is 19.1 Å². The van der Waals surface area contributed by atoms with Crippen LogP contribution in [0.2, 0.25) is 0 Å². The molecule has 0 aromatic rings. The lowest BCUT2D eigenvalue weighted by Gasteiger charge is -2.58. The van der Waals surface area contributed by atoms with Gasteiger partial charge >= 0.3 is 0 Å². The lowest BCUT2D eigenvalue weighted by Crippen LogP contribution is -2.74. The maximum absolute atomic E-state index is 14.3. The molecule has 36 heavy (non-hydrogen) atoms. The van der Waals surface area contributed by atoms with E-state index in [1.54, 1.807) is 50.3 Å². The molecule has 5 fully saturated rings. The van der Waals surface area contributed by atoms with E-state index in [1.807, 2.05) is 0 Å². The molecule has 5 rings (SSSR count). The number of aliphatic hydroxyl groups is 4. The highest BCUT2D eigenvalue weighted by Gasteiger charge is 2.99. The second-order valence-corrected chi connectivity index (χ2v) is 11.0. The van der Waals surface area contributed by atoms with E-state index >= 15 is 0 Å². The van der Waals surface area contributed by atoms with E-state index < -0.39 is 57.0 Å². The number of carbonyl (C=O) groups is 2. The van der Waals surface area contributed by atoms with Crippen LogP contribution in [0.4, 0.5) is 0 Å². The third-order valence-electron chi connectivity index (χ3n) is 9.41. The first kappa shape index (κ1) is 24.9. The summed E-state index contributed by atoms with van der Waals surface area (Å²) in [7, 11) is 0. The first-order valence-electron chi connectivity index (χ1n) is 12.1. The van der Waals surface area contributed by atoms with Crippen molar-refractivity contribution >= 4 is 11.6 Å². The maximum atomic E-state index is 14.3. The molecule has 0 spiro atoms. The predicted molar refractivity (Wildman–Crippen MR) is 129 cm³/mol. The summed E-state index contributed by atoms with van der Waals surface area (Å²) in [6.07, 6.45) is 12.6. The Morgan fingerprint density at radius 1 is 0.694 bits per heavy atom. The molecule has 0 radical (unpaired) electrons. The number of allylic oxidation sites excluding steroid dienone is 8. The fourth-order valence-electron chi connectivity index (χ4n) is 7.94. The van der Waals surface area contributed by atoms with Gasteiger partial charge in [-0.3, -0.25) is 9.59 Å². The highest BCUT2D eigenvalue weighted by molar-refractivity contribution is 6.13. The number of ketones is 2. The van der Waals surface area contributed by atoms with Gasteiger partial charge in [0.2, 0.25) is 11.6 Å². The molecule has 0 aromatic carbocycles. The third kappa shape index (κ3) is 2.15. The summed E-state index contributed by atoms with van der Waals surface area (Å²) in [5.41, 5.74) is -7.52. The lowest BCUT2D eigenvalue weighted by molar-refractivity contribution is -0.450. The zero-order chi connectivity index (χ0) is 26.7. The summed E-state index contributed by atoms with van der Waals surface area (Å²) in [6, 6.07) is 0. The zero-order valence-electron chi connectivity index (χ0n) is 21.2. The number of hydrogen-bond donors (Lipinski definition) is 4. The number of hydrogen-bond acceptors (Lipinski definition) is 8. The molecule has 5 aliphatic rings. The molecule has 2 heterocycles. The Hall–Kier alpha value is -2.78. The van der Waals surface area contributed by atoms with Crippen LogP contribution in [0.1, 0.15) is 41.5 Å². The second kappa shape index (κ2) is 6.95. The normalized spacial score (nSPS) is 51.8. The van der Waals surface area contributed by atoms with E-state index in [9.17, 15) is 30.0 Å². The lowest BCUT2D eigenvalue weighted by atomic mass is 9.39. The smallest absolute Gasteiger partial charge is 0.210 e. The van der Waals surface area contributed by atoms with Gasteiger partial charge in [0.15, 0.2) is 11.6 Å². The van der Waals surface area contributed by atoms with Gasteiger partial charge < -0.3 is 29.9 Å². The summed E-state index contributed by atoms with van der Waals surface area (Å²) in [4.78, 5) is 28.7. The van der Waals surface area contributed by atoms with E-state index in [2.05, 4.69) is 0 Å². The van der Waals surface area contributed by atoms with Gasteiger partial charge in [-0.1, -0.05) is 36.5 Å². The average Bonchev–Trinajstić information content (AvgIpc) is 3.12. The monoisotopic (exact) mass is 496 g/mol. The molecule has 2 saturated heterocycles. The summed E-state index contributed by atoms with van der Waals surface area (Å²) >= 11 is 0. The minimum absolute atomic E-state index is 0.113. The molecule has 8 nitrogen and oxygen atoms in total. The van der Waals surface area contributed by atoms with E-state index in [0.717, 1.165) is 0 Å². The number of ether oxygens (including phenoxy) is 2. The average molecular weight is 497 g/mol. The zero-order valence-corrected chi connectivity index (χ0v) is 21.2. The predicted octanol–water partition coefficient (Wildman–Crippen LogP) is 3.25. The summed E-state index contributed by atoms with van der Waals surface area (Å²) in [5, 5.41) is 46.6. The molecule has 3 unspecified atom stereocenters. The Kier molecular flexibility index (Phi) is 4.81. The van der Waals surface area contributed by atoms with Crippen LogP contribution >= 0.6 is 0 Å². The Morgan fingerprint density at radius 2 is 1.03 bits per heavy atom. The standard InChI is InChI=1S/C28H32O8/c1-7-9-11-13-15(29)17-19-23(3)22(32)18(16(30)14-12-10-8-2)20-24(4,21(17)31)28(34)25(19,5)35-27(23,33)26(20,6)36-28/h7-14,19-20,29-30,33-34H,1-6H3/t19?,20?,23-,24?,25-,26-,27+,28+/m0/s1. The van der Waals surface area contributed by atoms with Crippen LogP contribution in [0.3, 0.4) is 0 Å². The Bertz CT molecular complexity index is 1190. The van der Waals surface area contributed by atoms with Gasteiger partial charge in [-0.2, -0.15) is 0 Å². The van der Waals surface area contributed by atoms with Gasteiger partial charge in [0.1, 0.15) is 22.7 Å². The molecule has 0 aromatic heterocycles. The van der Waals surface area contributed by atoms with Gasteiger partial charge in [-0.05, 0) is 53.7 Å². The maximum Gasteiger partial charge on any atom is 0.210 e. The number of aliphatic hydroxyl groups excluding tert-OH is 2. The fraction of sp³-hybridized carbons (Fsp3) is 0.500. The van der Waals surface area contributed by atoms with E-state index in [1.165, 1.54) is 39.8 Å². The largest absolute Gasteiger partial charge is 0.508 e. The van der Waals surface area contributed by atoms with Gasteiger partial charge in [-0.25, -0.2) is 0 Å². The molecule has 4 N–H and O–H groups in total. The first-order valence-corrected chi connectivity index (χ1v) is 12.1. The minimum Gasteiger partial charge on any atom is -0.508 e. The second-order valence-electron chi connectivity index (χ2n) is 11.0.